The highest BCUT2D eigenvalue weighted by atomic mass is 16.5. The summed E-state index contributed by atoms with van der Waals surface area (Å²) in [6, 6.07) is 8.53. The van der Waals surface area contributed by atoms with Crippen LogP contribution in [0.25, 0.3) is 22.2 Å². The van der Waals surface area contributed by atoms with Crippen LogP contribution in [-0.2, 0) is 11.8 Å². The first kappa shape index (κ1) is 18.9. The lowest BCUT2D eigenvalue weighted by Gasteiger charge is -2.28. The second-order valence-electron chi connectivity index (χ2n) is 10.00. The van der Waals surface area contributed by atoms with Crippen LogP contribution in [0, 0.1) is 18.8 Å². The van der Waals surface area contributed by atoms with Crippen molar-refractivity contribution < 1.29 is 7.48 Å². The van der Waals surface area contributed by atoms with Gasteiger partial charge in [-0.05, 0) is 74.6 Å². The number of anilines is 1. The Kier molecular flexibility index (Phi) is 4.97. The van der Waals surface area contributed by atoms with Gasteiger partial charge in [0.2, 0.25) is 0 Å². The maximum atomic E-state index is 8.71. The fourth-order valence-corrected chi connectivity index (χ4v) is 5.96. The number of likely N-dealkylation sites (tertiary alicyclic amines) is 1. The summed E-state index contributed by atoms with van der Waals surface area (Å²) in [6.07, 6.45) is 6.78. The van der Waals surface area contributed by atoms with E-state index < -0.39 is 6.50 Å². The predicted molar refractivity (Wildman–Crippen MR) is 130 cm³/mol. The average molecular weight is 449 g/mol. The van der Waals surface area contributed by atoms with E-state index in [1.165, 1.54) is 0 Å². The first-order chi connectivity index (χ1) is 16.9. The Morgan fingerprint density at radius 2 is 1.97 bits per heavy atom. The standard InChI is InChI=1S/C26H34N6O/c1-17-22(6-7-25-23(17)16-31(2)30-25)24-8-9-26(29-28-24)27-20-11-18-13-32(14-19(18)12-20)15-21-5-3-4-10-33-21/h6-9,16,18-21H,3-5,10-15H2,1-2H3,(H,27,29)/t18-,19+,20?,21-/m1/s1/i15D2. The molecule has 1 aliphatic carbocycles. The van der Waals surface area contributed by atoms with Gasteiger partial charge in [0.15, 0.2) is 0 Å². The summed E-state index contributed by atoms with van der Waals surface area (Å²) in [6.45, 7) is 3.06. The maximum Gasteiger partial charge on any atom is 0.148 e. The second-order valence-corrected chi connectivity index (χ2v) is 10.00. The van der Waals surface area contributed by atoms with Gasteiger partial charge in [0.05, 0.1) is 17.3 Å². The number of nitrogens with zero attached hydrogens (tertiary/aromatic N) is 5. The van der Waals surface area contributed by atoms with Gasteiger partial charge in [-0.2, -0.15) is 5.10 Å². The number of benzene rings is 1. The first-order valence-electron chi connectivity index (χ1n) is 13.3. The van der Waals surface area contributed by atoms with E-state index in [1.54, 1.807) is 0 Å². The molecule has 4 atom stereocenters. The summed E-state index contributed by atoms with van der Waals surface area (Å²) < 4.78 is 25.1. The van der Waals surface area contributed by atoms with E-state index in [0.29, 0.717) is 24.5 Å². The van der Waals surface area contributed by atoms with Gasteiger partial charge >= 0.3 is 0 Å². The zero-order valence-corrected chi connectivity index (χ0v) is 19.5. The fourth-order valence-electron chi connectivity index (χ4n) is 5.96. The largest absolute Gasteiger partial charge is 0.377 e. The zero-order chi connectivity index (χ0) is 24.2. The number of aryl methyl sites for hydroxylation is 2. The summed E-state index contributed by atoms with van der Waals surface area (Å²) in [4.78, 5) is 2.05. The Balaban J connectivity index is 1.08. The van der Waals surface area contributed by atoms with E-state index in [2.05, 4.69) is 33.6 Å². The summed E-state index contributed by atoms with van der Waals surface area (Å²) >= 11 is 0. The smallest absolute Gasteiger partial charge is 0.148 e. The summed E-state index contributed by atoms with van der Waals surface area (Å²) in [5.74, 6) is 1.85. The van der Waals surface area contributed by atoms with E-state index in [-0.39, 0.29) is 6.10 Å². The van der Waals surface area contributed by atoms with Crippen molar-refractivity contribution >= 4 is 16.7 Å². The molecule has 1 aromatic carbocycles. The molecule has 1 saturated carbocycles. The van der Waals surface area contributed by atoms with Crippen LogP contribution >= 0.6 is 0 Å². The molecule has 3 fully saturated rings. The molecule has 0 amide bonds. The normalized spacial score (nSPS) is 29.2. The van der Waals surface area contributed by atoms with Gasteiger partial charge in [-0.25, -0.2) is 0 Å². The first-order valence-corrected chi connectivity index (χ1v) is 12.3. The van der Waals surface area contributed by atoms with Crippen LogP contribution in [-0.4, -0.2) is 63.2 Å². The third kappa shape index (κ3) is 4.24. The Hall–Kier alpha value is -2.51. The number of rotatable bonds is 5. The molecule has 1 N–H and O–H groups in total. The summed E-state index contributed by atoms with van der Waals surface area (Å²) in [7, 11) is 1.94. The lowest BCUT2D eigenvalue weighted by molar-refractivity contribution is -0.00303. The lowest BCUT2D eigenvalue weighted by Crippen LogP contribution is -2.35. The summed E-state index contributed by atoms with van der Waals surface area (Å²) in [5.41, 5.74) is 4.10. The molecule has 6 rings (SSSR count). The molecule has 7 heteroatoms. The molecule has 0 bridgehead atoms. The molecular formula is C26H34N6O. The number of hydrogen-bond donors (Lipinski definition) is 1. The van der Waals surface area contributed by atoms with Gasteiger partial charge in [-0.3, -0.25) is 4.68 Å². The van der Waals surface area contributed by atoms with Crippen LogP contribution in [0.3, 0.4) is 0 Å². The number of aromatic nitrogens is 4. The van der Waals surface area contributed by atoms with Crippen LogP contribution < -0.4 is 5.32 Å². The minimum Gasteiger partial charge on any atom is -0.377 e. The van der Waals surface area contributed by atoms with E-state index in [0.717, 1.165) is 78.7 Å². The van der Waals surface area contributed by atoms with Crippen molar-refractivity contribution in [2.24, 2.45) is 18.9 Å². The number of nitrogens with one attached hydrogen (secondary N) is 1. The molecule has 7 nitrogen and oxygen atoms in total. The third-order valence-corrected chi connectivity index (χ3v) is 7.62. The molecule has 2 saturated heterocycles. The van der Waals surface area contributed by atoms with Crippen LogP contribution in [0.1, 0.15) is 40.4 Å². The molecular weight excluding hydrogens is 412 g/mol. The maximum absolute atomic E-state index is 8.71. The fraction of sp³-hybridized carbons (Fsp3) is 0.577. The van der Waals surface area contributed by atoms with Crippen LogP contribution in [0.5, 0.6) is 0 Å². The van der Waals surface area contributed by atoms with Crippen molar-refractivity contribution in [3.8, 4) is 11.3 Å². The number of fused-ring (bicyclic) bond motifs is 2. The Bertz CT molecular complexity index is 1190. The van der Waals surface area contributed by atoms with Crippen molar-refractivity contribution in [3.05, 3.63) is 36.0 Å². The molecule has 4 heterocycles. The van der Waals surface area contributed by atoms with Crippen LogP contribution in [0.2, 0.25) is 0 Å². The highest BCUT2D eigenvalue weighted by Crippen LogP contribution is 2.39. The van der Waals surface area contributed by atoms with Crippen molar-refractivity contribution in [1.29, 1.82) is 0 Å². The highest BCUT2D eigenvalue weighted by Gasteiger charge is 2.41. The minimum atomic E-state index is -1.37. The Morgan fingerprint density at radius 1 is 1.12 bits per heavy atom. The Labute approximate surface area is 198 Å². The van der Waals surface area contributed by atoms with Crippen molar-refractivity contribution in [2.75, 3.05) is 31.5 Å². The van der Waals surface area contributed by atoms with E-state index >= 15 is 0 Å². The molecule has 2 aromatic heterocycles. The molecule has 3 aliphatic rings. The van der Waals surface area contributed by atoms with Crippen LogP contribution in [0.15, 0.2) is 30.5 Å². The minimum absolute atomic E-state index is 0.291. The van der Waals surface area contributed by atoms with Gasteiger partial charge in [0.25, 0.3) is 0 Å². The van der Waals surface area contributed by atoms with Crippen molar-refractivity contribution in [3.63, 3.8) is 0 Å². The topological polar surface area (TPSA) is 68.1 Å². The van der Waals surface area contributed by atoms with Gasteiger partial charge in [-0.1, -0.05) is 6.07 Å². The molecule has 0 spiro atoms. The molecule has 174 valence electrons. The Morgan fingerprint density at radius 3 is 2.70 bits per heavy atom. The molecule has 33 heavy (non-hydrogen) atoms. The second kappa shape index (κ2) is 8.69. The number of hydrogen-bond acceptors (Lipinski definition) is 6. The zero-order valence-electron chi connectivity index (χ0n) is 21.5. The quantitative estimate of drug-likeness (QED) is 0.636. The van der Waals surface area contributed by atoms with Crippen molar-refractivity contribution in [2.45, 2.75) is 51.2 Å². The van der Waals surface area contributed by atoms with Crippen molar-refractivity contribution in [1.82, 2.24) is 24.9 Å². The van der Waals surface area contributed by atoms with E-state index in [1.807, 2.05) is 41.0 Å². The van der Waals surface area contributed by atoms with E-state index in [9.17, 15) is 0 Å². The predicted octanol–water partition coefficient (Wildman–Crippen LogP) is 4.03. The van der Waals surface area contributed by atoms with E-state index in [4.69, 9.17) is 7.48 Å². The SMILES string of the molecule is [2H]C([2H])([C@H]1CCCCO1)N1C[C@H]2CC(Nc3ccc(-c4ccc5nn(C)cc5c4C)nn3)C[C@H]2C1. The van der Waals surface area contributed by atoms with Gasteiger partial charge < -0.3 is 15.0 Å². The lowest BCUT2D eigenvalue weighted by atomic mass is 10.0. The molecule has 2 aliphatic heterocycles. The molecule has 3 aromatic rings. The van der Waals surface area contributed by atoms with Gasteiger partial charge in [0, 0.05) is 59.2 Å². The molecule has 0 radical (unpaired) electrons. The van der Waals surface area contributed by atoms with Gasteiger partial charge in [-0.15, -0.1) is 10.2 Å². The monoisotopic (exact) mass is 448 g/mol. The highest BCUT2D eigenvalue weighted by molar-refractivity contribution is 5.88. The number of ether oxygens (including phenoxy) is 1. The third-order valence-electron chi connectivity index (χ3n) is 7.62. The average Bonchev–Trinajstić information content (AvgIpc) is 3.54. The van der Waals surface area contributed by atoms with Gasteiger partial charge in [0.1, 0.15) is 5.82 Å². The summed E-state index contributed by atoms with van der Waals surface area (Å²) in [5, 5.41) is 18.2. The van der Waals surface area contributed by atoms with Crippen LogP contribution in [0.4, 0.5) is 5.82 Å². The molecule has 1 unspecified atom stereocenters.